The summed E-state index contributed by atoms with van der Waals surface area (Å²) in [4.78, 5) is 0. The van der Waals surface area contributed by atoms with Crippen LogP contribution in [-0.2, 0) is 4.74 Å². The minimum Gasteiger partial charge on any atom is -0.381 e. The maximum Gasteiger partial charge on any atom is 0.0588 e. The van der Waals surface area contributed by atoms with Gasteiger partial charge in [-0.25, -0.2) is 0 Å². The van der Waals surface area contributed by atoms with E-state index in [4.69, 9.17) is 4.74 Å². The zero-order valence-electron chi connectivity index (χ0n) is 10.9. The summed E-state index contributed by atoms with van der Waals surface area (Å²) in [7, 11) is 1.46. The Balaban J connectivity index is 2.29. The molecule has 0 aliphatic heterocycles. The van der Waals surface area contributed by atoms with E-state index < -0.39 is 0 Å². The Morgan fingerprint density at radius 1 is 0.889 bits per heavy atom. The summed E-state index contributed by atoms with van der Waals surface area (Å²) < 4.78 is 5.44. The van der Waals surface area contributed by atoms with E-state index in [0.29, 0.717) is 0 Å². The fraction of sp³-hybridized carbons (Fsp3) is 0.250. The molecule has 0 amide bonds. The van der Waals surface area contributed by atoms with E-state index in [1.807, 2.05) is 0 Å². The van der Waals surface area contributed by atoms with Crippen molar-refractivity contribution in [1.29, 1.82) is 0 Å². The lowest BCUT2D eigenvalue weighted by atomic mass is 10.4. The van der Waals surface area contributed by atoms with Crippen LogP contribution >= 0.6 is 7.92 Å². The topological polar surface area (TPSA) is 9.23 Å². The Labute approximate surface area is 111 Å². The van der Waals surface area contributed by atoms with Crippen molar-refractivity contribution in [3.05, 3.63) is 60.7 Å². The van der Waals surface area contributed by atoms with E-state index in [-0.39, 0.29) is 14.0 Å². The highest BCUT2D eigenvalue weighted by atomic mass is 31.1. The molecule has 18 heavy (non-hydrogen) atoms. The first-order valence-corrected chi connectivity index (χ1v) is 7.74. The zero-order chi connectivity index (χ0) is 12.8. The monoisotopic (exact) mass is 258 g/mol. The maximum absolute atomic E-state index is 5.44. The van der Waals surface area contributed by atoms with Gasteiger partial charge in [0.05, 0.1) is 6.10 Å². The van der Waals surface area contributed by atoms with Crippen LogP contribution in [0, 0.1) is 0 Å². The predicted molar refractivity (Wildman–Crippen MR) is 80.4 cm³/mol. The van der Waals surface area contributed by atoms with Crippen molar-refractivity contribution in [3.63, 3.8) is 0 Å². The second-order valence-corrected chi connectivity index (χ2v) is 6.58. The summed E-state index contributed by atoms with van der Waals surface area (Å²) in [6.45, 7) is 2.14. The van der Waals surface area contributed by atoms with Crippen molar-refractivity contribution in [2.24, 2.45) is 0 Å². The Morgan fingerprint density at radius 2 is 1.33 bits per heavy atom. The highest BCUT2D eigenvalue weighted by Gasteiger charge is 2.16. The lowest BCUT2D eigenvalue weighted by Gasteiger charge is -2.21. The number of benzene rings is 2. The molecule has 2 aromatic rings. The van der Waals surface area contributed by atoms with Crippen LogP contribution in [0.2, 0.25) is 0 Å². The van der Waals surface area contributed by atoms with Crippen molar-refractivity contribution in [1.82, 2.24) is 0 Å². The number of ether oxygens (including phenoxy) is 1. The van der Waals surface area contributed by atoms with Crippen LogP contribution < -0.4 is 10.6 Å². The Hall–Kier alpha value is -1.17. The SMILES string of the molecule is CO[C@@H](C)CP(c1ccccc1)c1ccccc1. The van der Waals surface area contributed by atoms with E-state index in [2.05, 4.69) is 67.6 Å². The number of rotatable bonds is 5. The number of hydrogen-bond donors (Lipinski definition) is 0. The van der Waals surface area contributed by atoms with Gasteiger partial charge in [-0.1, -0.05) is 60.7 Å². The molecule has 0 unspecified atom stereocenters. The molecule has 1 atom stereocenters. The second-order valence-electron chi connectivity index (χ2n) is 4.33. The van der Waals surface area contributed by atoms with Crippen LogP contribution in [0.4, 0.5) is 0 Å². The fourth-order valence-electron chi connectivity index (χ4n) is 1.91. The van der Waals surface area contributed by atoms with Gasteiger partial charge in [-0.05, 0) is 25.5 Å². The van der Waals surface area contributed by atoms with Crippen LogP contribution in [0.3, 0.4) is 0 Å². The molecule has 2 aromatic carbocycles. The summed E-state index contributed by atoms with van der Waals surface area (Å²) in [5.74, 6) is 0. The summed E-state index contributed by atoms with van der Waals surface area (Å²) >= 11 is 0. The third-order valence-electron chi connectivity index (χ3n) is 2.98. The van der Waals surface area contributed by atoms with Crippen LogP contribution in [0.15, 0.2) is 60.7 Å². The Morgan fingerprint density at radius 3 is 1.72 bits per heavy atom. The van der Waals surface area contributed by atoms with Crippen LogP contribution in [0.25, 0.3) is 0 Å². The minimum absolute atomic E-state index is 0.288. The van der Waals surface area contributed by atoms with Crippen molar-refractivity contribution in [3.8, 4) is 0 Å². The molecule has 0 aliphatic carbocycles. The van der Waals surface area contributed by atoms with Crippen molar-refractivity contribution >= 4 is 18.5 Å². The average molecular weight is 258 g/mol. The lowest BCUT2D eigenvalue weighted by molar-refractivity contribution is 0.137. The van der Waals surface area contributed by atoms with Gasteiger partial charge in [-0.15, -0.1) is 0 Å². The molecule has 0 N–H and O–H groups in total. The van der Waals surface area contributed by atoms with E-state index in [0.717, 1.165) is 6.16 Å². The molecule has 0 aliphatic rings. The first-order chi connectivity index (χ1) is 8.81. The highest BCUT2D eigenvalue weighted by Crippen LogP contribution is 2.34. The predicted octanol–water partition coefficient (Wildman–Crippen LogP) is 3.15. The van der Waals surface area contributed by atoms with Gasteiger partial charge in [-0.3, -0.25) is 0 Å². The maximum atomic E-state index is 5.44. The molecular formula is C16H19OP. The quantitative estimate of drug-likeness (QED) is 0.749. The van der Waals surface area contributed by atoms with Crippen LogP contribution in [0.5, 0.6) is 0 Å². The first kappa shape index (κ1) is 13.3. The van der Waals surface area contributed by atoms with Gasteiger partial charge in [0.15, 0.2) is 0 Å². The third kappa shape index (κ3) is 3.41. The van der Waals surface area contributed by atoms with Gasteiger partial charge in [0.1, 0.15) is 0 Å². The Kier molecular flexibility index (Phi) is 4.92. The molecule has 1 nitrogen and oxygen atoms in total. The first-order valence-electron chi connectivity index (χ1n) is 6.21. The van der Waals surface area contributed by atoms with Crippen molar-refractivity contribution in [2.45, 2.75) is 13.0 Å². The molecule has 94 valence electrons. The molecule has 0 heterocycles. The molecule has 0 saturated carbocycles. The molecule has 0 aromatic heterocycles. The zero-order valence-corrected chi connectivity index (χ0v) is 11.8. The number of methoxy groups -OCH3 is 1. The highest BCUT2D eigenvalue weighted by molar-refractivity contribution is 7.73. The standard InChI is InChI=1S/C16H19OP/c1-14(17-2)13-18(15-9-5-3-6-10-15)16-11-7-4-8-12-16/h3-12,14H,13H2,1-2H3/t14-/m0/s1. The molecular weight excluding hydrogens is 239 g/mol. The van der Waals surface area contributed by atoms with Gasteiger partial charge in [-0.2, -0.15) is 0 Å². The fourth-order valence-corrected chi connectivity index (χ4v) is 4.35. The third-order valence-corrected chi connectivity index (χ3v) is 5.70. The summed E-state index contributed by atoms with van der Waals surface area (Å²) in [5.41, 5.74) is 0. The van der Waals surface area contributed by atoms with Gasteiger partial charge >= 0.3 is 0 Å². The van der Waals surface area contributed by atoms with Gasteiger partial charge < -0.3 is 4.74 Å². The van der Waals surface area contributed by atoms with E-state index in [9.17, 15) is 0 Å². The summed E-state index contributed by atoms with van der Waals surface area (Å²) in [6.07, 6.45) is 1.36. The largest absolute Gasteiger partial charge is 0.381 e. The second kappa shape index (κ2) is 6.68. The molecule has 0 fully saturated rings. The van der Waals surface area contributed by atoms with Gasteiger partial charge in [0.25, 0.3) is 0 Å². The van der Waals surface area contributed by atoms with Crippen LogP contribution in [0.1, 0.15) is 6.92 Å². The molecule has 0 spiro atoms. The smallest absolute Gasteiger partial charge is 0.0588 e. The van der Waals surface area contributed by atoms with E-state index >= 15 is 0 Å². The van der Waals surface area contributed by atoms with E-state index in [1.54, 1.807) is 7.11 Å². The summed E-state index contributed by atoms with van der Waals surface area (Å²) in [6, 6.07) is 21.5. The van der Waals surface area contributed by atoms with Gasteiger partial charge in [0, 0.05) is 13.3 Å². The van der Waals surface area contributed by atoms with Crippen LogP contribution in [-0.4, -0.2) is 19.4 Å². The number of hydrogen-bond acceptors (Lipinski definition) is 1. The molecule has 2 rings (SSSR count). The minimum atomic E-state index is -0.321. The lowest BCUT2D eigenvalue weighted by Crippen LogP contribution is -2.20. The molecule has 0 bridgehead atoms. The molecule has 0 saturated heterocycles. The van der Waals surface area contributed by atoms with Crippen molar-refractivity contribution in [2.75, 3.05) is 13.3 Å². The summed E-state index contributed by atoms with van der Waals surface area (Å²) in [5, 5.41) is 2.84. The normalized spacial score (nSPS) is 12.6. The molecule has 2 heteroatoms. The average Bonchev–Trinajstić information content (AvgIpc) is 2.46. The molecule has 0 radical (unpaired) electrons. The van der Waals surface area contributed by atoms with E-state index in [1.165, 1.54) is 10.6 Å². The Bertz CT molecular complexity index is 416. The van der Waals surface area contributed by atoms with Gasteiger partial charge in [0.2, 0.25) is 0 Å². The van der Waals surface area contributed by atoms with Crippen molar-refractivity contribution < 1.29 is 4.74 Å².